The van der Waals surface area contributed by atoms with E-state index in [0.717, 1.165) is 5.56 Å². The van der Waals surface area contributed by atoms with Gasteiger partial charge in [0.2, 0.25) is 0 Å². The van der Waals surface area contributed by atoms with Crippen molar-refractivity contribution in [3.05, 3.63) is 65.2 Å². The molecule has 0 aliphatic carbocycles. The fourth-order valence-electron chi connectivity index (χ4n) is 1.99. The molecular formula is C16H13NO3. The van der Waals surface area contributed by atoms with Crippen LogP contribution in [0.5, 0.6) is 5.75 Å². The summed E-state index contributed by atoms with van der Waals surface area (Å²) in [6.07, 6.45) is 0. The van der Waals surface area contributed by atoms with Gasteiger partial charge in [-0.15, -0.1) is 0 Å². The van der Waals surface area contributed by atoms with Crippen LogP contribution in [0.2, 0.25) is 0 Å². The van der Waals surface area contributed by atoms with Gasteiger partial charge in [-0.25, -0.2) is 4.79 Å². The van der Waals surface area contributed by atoms with E-state index in [1.807, 2.05) is 0 Å². The number of rotatable bonds is 4. The zero-order chi connectivity index (χ0) is 14.5. The van der Waals surface area contributed by atoms with Crippen LogP contribution in [-0.2, 0) is 0 Å². The number of ether oxygens (including phenoxy) is 1. The zero-order valence-corrected chi connectivity index (χ0v) is 10.9. The molecule has 0 amide bonds. The van der Waals surface area contributed by atoms with E-state index in [0.29, 0.717) is 11.3 Å². The Bertz CT molecular complexity index is 656. The maximum atomic E-state index is 11.0. The number of carboxylic acid groups (broad SMARTS) is 1. The number of hydrogen-bond donors (Lipinski definition) is 1. The summed E-state index contributed by atoms with van der Waals surface area (Å²) in [6, 6.07) is 15.8. The Kier molecular flexibility index (Phi) is 4.02. The molecule has 1 N–H and O–H groups in total. The standard InChI is InChI=1S/C16H13NO3/c1-20-14-7-5-11(6-8-14)15(10-17)12-3-2-4-13(9-12)16(18)19/h2-9,15H,1H3,(H,18,19). The Morgan fingerprint density at radius 3 is 2.45 bits per heavy atom. The zero-order valence-electron chi connectivity index (χ0n) is 10.9. The van der Waals surface area contributed by atoms with Crippen molar-refractivity contribution in [2.45, 2.75) is 5.92 Å². The maximum Gasteiger partial charge on any atom is 0.335 e. The molecule has 20 heavy (non-hydrogen) atoms. The Morgan fingerprint density at radius 1 is 1.20 bits per heavy atom. The van der Waals surface area contributed by atoms with Crippen molar-refractivity contribution < 1.29 is 14.6 Å². The molecule has 2 aromatic carbocycles. The number of carboxylic acids is 1. The minimum Gasteiger partial charge on any atom is -0.497 e. The molecule has 0 aromatic heterocycles. The maximum absolute atomic E-state index is 11.0. The molecular weight excluding hydrogens is 254 g/mol. The molecule has 1 atom stereocenters. The lowest BCUT2D eigenvalue weighted by Gasteiger charge is -2.11. The fraction of sp³-hybridized carbons (Fsp3) is 0.125. The number of benzene rings is 2. The first-order valence-electron chi connectivity index (χ1n) is 6.02. The molecule has 0 saturated heterocycles. The van der Waals surface area contributed by atoms with Crippen molar-refractivity contribution >= 4 is 5.97 Å². The van der Waals surface area contributed by atoms with Crippen LogP contribution in [0.3, 0.4) is 0 Å². The highest BCUT2D eigenvalue weighted by atomic mass is 16.5. The number of aromatic carboxylic acids is 1. The second kappa shape index (κ2) is 5.89. The van der Waals surface area contributed by atoms with Crippen molar-refractivity contribution in [1.82, 2.24) is 0 Å². The van der Waals surface area contributed by atoms with E-state index >= 15 is 0 Å². The minimum atomic E-state index is -1.00. The van der Waals surface area contributed by atoms with Gasteiger partial charge >= 0.3 is 5.97 Å². The predicted octanol–water partition coefficient (Wildman–Crippen LogP) is 3.05. The SMILES string of the molecule is COc1ccc(C(C#N)c2cccc(C(=O)O)c2)cc1. The number of nitriles is 1. The normalized spacial score (nSPS) is 11.4. The van der Waals surface area contributed by atoms with Gasteiger partial charge in [0.25, 0.3) is 0 Å². The van der Waals surface area contributed by atoms with Crippen LogP contribution in [0.4, 0.5) is 0 Å². The number of nitrogens with zero attached hydrogens (tertiary/aromatic N) is 1. The molecule has 0 heterocycles. The Balaban J connectivity index is 2.39. The number of methoxy groups -OCH3 is 1. The molecule has 4 nitrogen and oxygen atoms in total. The quantitative estimate of drug-likeness (QED) is 0.924. The molecule has 100 valence electrons. The third kappa shape index (κ3) is 2.78. The van der Waals surface area contributed by atoms with Gasteiger partial charge in [-0.05, 0) is 35.4 Å². The molecule has 0 aliphatic rings. The van der Waals surface area contributed by atoms with E-state index in [4.69, 9.17) is 9.84 Å². The molecule has 0 fully saturated rings. The second-order valence-electron chi connectivity index (χ2n) is 4.27. The summed E-state index contributed by atoms with van der Waals surface area (Å²) in [5.41, 5.74) is 1.64. The lowest BCUT2D eigenvalue weighted by atomic mass is 9.91. The highest BCUT2D eigenvalue weighted by molar-refractivity contribution is 5.87. The summed E-state index contributed by atoms with van der Waals surface area (Å²) in [7, 11) is 1.58. The Hall–Kier alpha value is -2.80. The molecule has 1 unspecified atom stereocenters. The molecule has 0 spiro atoms. The van der Waals surface area contributed by atoms with Gasteiger partial charge in [0.05, 0.1) is 24.7 Å². The summed E-state index contributed by atoms with van der Waals surface area (Å²) in [5.74, 6) is -0.789. The lowest BCUT2D eigenvalue weighted by Crippen LogP contribution is -2.02. The summed E-state index contributed by atoms with van der Waals surface area (Å²) in [5, 5.41) is 18.4. The number of carbonyl (C=O) groups is 1. The molecule has 2 aromatic rings. The second-order valence-corrected chi connectivity index (χ2v) is 4.27. The van der Waals surface area contributed by atoms with Crippen LogP contribution in [0.25, 0.3) is 0 Å². The molecule has 0 saturated carbocycles. The van der Waals surface area contributed by atoms with Crippen molar-refractivity contribution in [1.29, 1.82) is 5.26 Å². The molecule has 0 bridgehead atoms. The molecule has 2 rings (SSSR count). The smallest absolute Gasteiger partial charge is 0.335 e. The summed E-state index contributed by atoms with van der Waals surface area (Å²) >= 11 is 0. The topological polar surface area (TPSA) is 70.3 Å². The van der Waals surface area contributed by atoms with Crippen molar-refractivity contribution in [3.8, 4) is 11.8 Å². The van der Waals surface area contributed by atoms with Crippen LogP contribution in [0, 0.1) is 11.3 Å². The molecule has 4 heteroatoms. The van der Waals surface area contributed by atoms with Crippen molar-refractivity contribution in [2.24, 2.45) is 0 Å². The van der Waals surface area contributed by atoms with Crippen LogP contribution in [0.15, 0.2) is 48.5 Å². The van der Waals surface area contributed by atoms with Crippen molar-refractivity contribution in [2.75, 3.05) is 7.11 Å². The predicted molar refractivity (Wildman–Crippen MR) is 73.9 cm³/mol. The van der Waals surface area contributed by atoms with E-state index in [-0.39, 0.29) is 5.56 Å². The Labute approximate surface area is 116 Å². The summed E-state index contributed by atoms with van der Waals surface area (Å²) in [4.78, 5) is 11.0. The first-order valence-corrected chi connectivity index (χ1v) is 6.02. The van der Waals surface area contributed by atoms with Gasteiger partial charge in [-0.3, -0.25) is 0 Å². The van der Waals surface area contributed by atoms with Gasteiger partial charge in [-0.2, -0.15) is 5.26 Å². The average Bonchev–Trinajstić information content (AvgIpc) is 2.49. The van der Waals surface area contributed by atoms with Crippen LogP contribution < -0.4 is 4.74 Å². The van der Waals surface area contributed by atoms with Crippen LogP contribution >= 0.6 is 0 Å². The largest absolute Gasteiger partial charge is 0.497 e. The van der Waals surface area contributed by atoms with Gasteiger partial charge in [0.15, 0.2) is 0 Å². The molecule has 0 aliphatic heterocycles. The van der Waals surface area contributed by atoms with Crippen LogP contribution in [-0.4, -0.2) is 18.2 Å². The first-order chi connectivity index (χ1) is 9.65. The van der Waals surface area contributed by atoms with Crippen molar-refractivity contribution in [3.63, 3.8) is 0 Å². The third-order valence-electron chi connectivity index (χ3n) is 3.05. The van der Waals surface area contributed by atoms with Crippen LogP contribution in [0.1, 0.15) is 27.4 Å². The third-order valence-corrected chi connectivity index (χ3v) is 3.05. The van der Waals surface area contributed by atoms with E-state index < -0.39 is 11.9 Å². The van der Waals surface area contributed by atoms with Gasteiger partial charge < -0.3 is 9.84 Å². The summed E-state index contributed by atoms with van der Waals surface area (Å²) in [6.45, 7) is 0. The van der Waals surface area contributed by atoms with E-state index in [1.165, 1.54) is 12.1 Å². The fourth-order valence-corrected chi connectivity index (χ4v) is 1.99. The van der Waals surface area contributed by atoms with E-state index in [9.17, 15) is 10.1 Å². The van der Waals surface area contributed by atoms with E-state index in [1.54, 1.807) is 43.5 Å². The average molecular weight is 267 g/mol. The van der Waals surface area contributed by atoms with Gasteiger partial charge in [-0.1, -0.05) is 24.3 Å². The van der Waals surface area contributed by atoms with Gasteiger partial charge in [0.1, 0.15) is 5.75 Å². The highest BCUT2D eigenvalue weighted by Crippen LogP contribution is 2.26. The van der Waals surface area contributed by atoms with Gasteiger partial charge in [0, 0.05) is 0 Å². The Morgan fingerprint density at radius 2 is 1.90 bits per heavy atom. The summed E-state index contributed by atoms with van der Waals surface area (Å²) < 4.78 is 5.08. The lowest BCUT2D eigenvalue weighted by molar-refractivity contribution is 0.0696. The molecule has 0 radical (unpaired) electrons. The highest BCUT2D eigenvalue weighted by Gasteiger charge is 2.15. The number of hydrogen-bond acceptors (Lipinski definition) is 3. The first kappa shape index (κ1) is 13.6. The van der Waals surface area contributed by atoms with E-state index in [2.05, 4.69) is 6.07 Å². The minimum absolute atomic E-state index is 0.177. The monoisotopic (exact) mass is 267 g/mol.